The van der Waals surface area contributed by atoms with Crippen LogP contribution >= 0.6 is 0 Å². The maximum Gasteiger partial charge on any atom is 0.112 e. The molecule has 0 radical (unpaired) electrons. The van der Waals surface area contributed by atoms with Crippen molar-refractivity contribution in [2.45, 2.75) is 26.2 Å². The average Bonchev–Trinajstić information content (AvgIpc) is 3.01. The zero-order valence-electron chi connectivity index (χ0n) is 14.0. The largest absolute Gasteiger partial charge is 0.383 e. The number of aromatic nitrogens is 4. The highest BCUT2D eigenvalue weighted by atomic mass is 16.5. The van der Waals surface area contributed by atoms with Gasteiger partial charge in [0.2, 0.25) is 0 Å². The number of aryl methyl sites for hydroxylation is 1. The summed E-state index contributed by atoms with van der Waals surface area (Å²) in [7, 11) is 1.76. The van der Waals surface area contributed by atoms with E-state index in [0.717, 1.165) is 55.4 Å². The summed E-state index contributed by atoms with van der Waals surface area (Å²) >= 11 is 0. The Balaban J connectivity index is 1.57. The zero-order chi connectivity index (χ0) is 16.1. The van der Waals surface area contributed by atoms with Crippen molar-refractivity contribution >= 4 is 0 Å². The van der Waals surface area contributed by atoms with Crippen LogP contribution in [0.1, 0.15) is 24.2 Å². The van der Waals surface area contributed by atoms with Crippen molar-refractivity contribution in [2.24, 2.45) is 5.92 Å². The van der Waals surface area contributed by atoms with Crippen LogP contribution in [0.15, 0.2) is 18.5 Å². The van der Waals surface area contributed by atoms with Gasteiger partial charge in [0, 0.05) is 25.5 Å². The minimum atomic E-state index is 0.694. The van der Waals surface area contributed by atoms with Crippen LogP contribution in [-0.4, -0.2) is 58.4 Å². The molecule has 1 fully saturated rings. The molecule has 0 unspecified atom stereocenters. The average molecular weight is 315 g/mol. The Morgan fingerprint density at radius 1 is 1.26 bits per heavy atom. The van der Waals surface area contributed by atoms with Crippen LogP contribution in [0.4, 0.5) is 0 Å². The molecule has 0 spiro atoms. The number of methoxy groups -OCH3 is 1. The molecule has 0 amide bonds. The summed E-state index contributed by atoms with van der Waals surface area (Å²) < 4.78 is 5.16. The zero-order valence-corrected chi connectivity index (χ0v) is 14.0. The van der Waals surface area contributed by atoms with Gasteiger partial charge in [0.25, 0.3) is 0 Å². The molecule has 124 valence electrons. The molecular formula is C17H25N5O. The number of nitrogens with one attached hydrogen (secondary N) is 1. The van der Waals surface area contributed by atoms with Crippen LogP contribution in [0, 0.1) is 12.8 Å². The molecule has 2 aromatic rings. The molecule has 0 atom stereocenters. The van der Waals surface area contributed by atoms with E-state index in [1.807, 2.05) is 19.2 Å². The van der Waals surface area contributed by atoms with Gasteiger partial charge in [0.1, 0.15) is 11.4 Å². The third-order valence-electron chi connectivity index (χ3n) is 4.47. The fourth-order valence-corrected chi connectivity index (χ4v) is 3.11. The van der Waals surface area contributed by atoms with Gasteiger partial charge in [-0.2, -0.15) is 5.10 Å². The number of hydrogen-bond donors (Lipinski definition) is 1. The Morgan fingerprint density at radius 2 is 2.09 bits per heavy atom. The Bertz CT molecular complexity index is 619. The van der Waals surface area contributed by atoms with E-state index in [1.165, 1.54) is 12.8 Å². The van der Waals surface area contributed by atoms with Gasteiger partial charge in [-0.3, -0.25) is 10.1 Å². The number of rotatable bonds is 6. The van der Waals surface area contributed by atoms with Gasteiger partial charge in [-0.1, -0.05) is 0 Å². The third kappa shape index (κ3) is 4.36. The summed E-state index contributed by atoms with van der Waals surface area (Å²) in [6, 6.07) is 2.00. The van der Waals surface area contributed by atoms with Crippen molar-refractivity contribution in [2.75, 3.05) is 33.4 Å². The van der Waals surface area contributed by atoms with E-state index >= 15 is 0 Å². The van der Waals surface area contributed by atoms with Gasteiger partial charge in [-0.25, -0.2) is 4.98 Å². The molecule has 1 saturated heterocycles. The highest BCUT2D eigenvalue weighted by Crippen LogP contribution is 2.22. The Kier molecular flexibility index (Phi) is 5.35. The van der Waals surface area contributed by atoms with Crippen LogP contribution in [0.5, 0.6) is 0 Å². The van der Waals surface area contributed by atoms with Gasteiger partial charge in [-0.05, 0) is 51.3 Å². The highest BCUT2D eigenvalue weighted by Gasteiger charge is 2.20. The fourth-order valence-electron chi connectivity index (χ4n) is 3.11. The fraction of sp³-hybridized carbons (Fsp3) is 0.588. The van der Waals surface area contributed by atoms with Crippen LogP contribution < -0.4 is 0 Å². The van der Waals surface area contributed by atoms with E-state index in [9.17, 15) is 0 Å². The van der Waals surface area contributed by atoms with E-state index < -0.39 is 0 Å². The van der Waals surface area contributed by atoms with Crippen molar-refractivity contribution in [3.63, 3.8) is 0 Å². The molecule has 0 aliphatic carbocycles. The molecule has 2 aromatic heterocycles. The van der Waals surface area contributed by atoms with Gasteiger partial charge in [0.15, 0.2) is 0 Å². The minimum absolute atomic E-state index is 0.694. The molecule has 0 saturated carbocycles. The van der Waals surface area contributed by atoms with E-state index in [4.69, 9.17) is 9.72 Å². The first-order chi connectivity index (χ1) is 11.2. The molecule has 3 rings (SSSR count). The highest BCUT2D eigenvalue weighted by molar-refractivity contribution is 5.52. The number of nitrogens with zero attached hydrogens (tertiary/aromatic N) is 4. The Morgan fingerprint density at radius 3 is 2.78 bits per heavy atom. The first-order valence-electron chi connectivity index (χ1n) is 8.29. The van der Waals surface area contributed by atoms with E-state index in [1.54, 1.807) is 13.3 Å². The first-order valence-corrected chi connectivity index (χ1v) is 8.29. The molecule has 0 aromatic carbocycles. The normalized spacial score (nSPS) is 16.8. The predicted molar refractivity (Wildman–Crippen MR) is 89.1 cm³/mol. The standard InChI is InChI=1S/C17H25N5O/c1-13-9-16(21-20-13)17-12-18-11-15(19-17)10-14-3-5-22(6-4-14)7-8-23-2/h9,11-12,14H,3-8,10H2,1-2H3,(H,20,21). The number of likely N-dealkylation sites (tertiary alicyclic amines) is 1. The number of ether oxygens (including phenoxy) is 1. The van der Waals surface area contributed by atoms with Crippen LogP contribution in [0.25, 0.3) is 11.4 Å². The topological polar surface area (TPSA) is 66.9 Å². The molecule has 1 aliphatic rings. The van der Waals surface area contributed by atoms with Crippen molar-refractivity contribution in [1.82, 2.24) is 25.1 Å². The van der Waals surface area contributed by atoms with Crippen molar-refractivity contribution in [1.29, 1.82) is 0 Å². The van der Waals surface area contributed by atoms with Crippen molar-refractivity contribution in [3.05, 3.63) is 29.8 Å². The van der Waals surface area contributed by atoms with Gasteiger partial charge in [-0.15, -0.1) is 0 Å². The second-order valence-corrected chi connectivity index (χ2v) is 6.31. The predicted octanol–water partition coefficient (Wildman–Crippen LogP) is 2.08. The molecule has 6 heteroatoms. The number of aromatic amines is 1. The van der Waals surface area contributed by atoms with Crippen molar-refractivity contribution in [3.8, 4) is 11.4 Å². The summed E-state index contributed by atoms with van der Waals surface area (Å²) in [5, 5.41) is 7.22. The van der Waals surface area contributed by atoms with Crippen LogP contribution in [0.2, 0.25) is 0 Å². The molecule has 0 bridgehead atoms. The molecule has 23 heavy (non-hydrogen) atoms. The van der Waals surface area contributed by atoms with E-state index in [0.29, 0.717) is 5.92 Å². The van der Waals surface area contributed by atoms with E-state index in [-0.39, 0.29) is 0 Å². The Labute approximate surface area is 137 Å². The molecule has 6 nitrogen and oxygen atoms in total. The maximum absolute atomic E-state index is 5.16. The van der Waals surface area contributed by atoms with Crippen molar-refractivity contribution < 1.29 is 4.74 Å². The van der Waals surface area contributed by atoms with E-state index in [2.05, 4.69) is 20.1 Å². The summed E-state index contributed by atoms with van der Waals surface area (Å²) in [5.74, 6) is 0.694. The third-order valence-corrected chi connectivity index (χ3v) is 4.47. The second-order valence-electron chi connectivity index (χ2n) is 6.31. The van der Waals surface area contributed by atoms with Crippen LogP contribution in [-0.2, 0) is 11.2 Å². The first kappa shape index (κ1) is 16.1. The molecule has 1 aliphatic heterocycles. The number of piperidine rings is 1. The lowest BCUT2D eigenvalue weighted by Gasteiger charge is -2.31. The smallest absolute Gasteiger partial charge is 0.112 e. The molecular weight excluding hydrogens is 290 g/mol. The van der Waals surface area contributed by atoms with Crippen LogP contribution in [0.3, 0.4) is 0 Å². The number of hydrogen-bond acceptors (Lipinski definition) is 5. The molecule has 3 heterocycles. The summed E-state index contributed by atoms with van der Waals surface area (Å²) in [6.07, 6.45) is 7.11. The lowest BCUT2D eigenvalue weighted by atomic mass is 9.92. The molecule has 1 N–H and O–H groups in total. The summed E-state index contributed by atoms with van der Waals surface area (Å²) in [5.41, 5.74) is 3.82. The van der Waals surface area contributed by atoms with Gasteiger partial charge < -0.3 is 9.64 Å². The second kappa shape index (κ2) is 7.66. The minimum Gasteiger partial charge on any atom is -0.383 e. The maximum atomic E-state index is 5.16. The lowest BCUT2D eigenvalue weighted by molar-refractivity contribution is 0.120. The quantitative estimate of drug-likeness (QED) is 0.884. The summed E-state index contributed by atoms with van der Waals surface area (Å²) in [6.45, 7) is 6.16. The lowest BCUT2D eigenvalue weighted by Crippen LogP contribution is -2.36. The summed E-state index contributed by atoms with van der Waals surface area (Å²) in [4.78, 5) is 11.6. The monoisotopic (exact) mass is 315 g/mol. The Hall–Kier alpha value is -1.79. The van der Waals surface area contributed by atoms with Gasteiger partial charge >= 0.3 is 0 Å². The number of H-pyrrole nitrogens is 1. The SMILES string of the molecule is COCCN1CCC(Cc2cncc(-c3cc(C)[nH]n3)n2)CC1. The van der Waals surface area contributed by atoms with Gasteiger partial charge in [0.05, 0.1) is 18.5 Å².